The van der Waals surface area contributed by atoms with Gasteiger partial charge in [-0.15, -0.1) is 0 Å². The molecule has 0 aromatic rings. The maximum Gasteiger partial charge on any atom is 0.472 e. The van der Waals surface area contributed by atoms with E-state index in [1.54, 1.807) is 0 Å². The molecule has 107 heavy (non-hydrogen) atoms. The van der Waals surface area contributed by atoms with Crippen LogP contribution in [0.3, 0.4) is 0 Å². The fourth-order valence-electron chi connectivity index (χ4n) is 11.1. The van der Waals surface area contributed by atoms with Crippen molar-refractivity contribution in [1.29, 1.82) is 0 Å². The Morgan fingerprint density at radius 1 is 0.271 bits per heavy atom. The second-order valence-corrected chi connectivity index (χ2v) is 30.8. The van der Waals surface area contributed by atoms with Crippen LogP contribution < -0.4 is 0 Å². The normalized spacial score (nSPS) is 14.6. The maximum atomic E-state index is 13.0. The lowest BCUT2D eigenvalue weighted by Crippen LogP contribution is -2.30. The smallest absolute Gasteiger partial charge is 0.463 e. The maximum absolute atomic E-state index is 13.0. The molecule has 0 heterocycles. The van der Waals surface area contributed by atoms with Gasteiger partial charge in [0.15, 0.2) is 6.10 Å². The van der Waals surface area contributed by atoms with Gasteiger partial charge in [0.1, 0.15) is 25.4 Å². The number of aliphatic hydroxyl groups is 2. The van der Waals surface area contributed by atoms with Crippen molar-refractivity contribution in [3.05, 3.63) is 146 Å². The Bertz CT molecular complexity index is 2530. The van der Waals surface area contributed by atoms with Crippen LogP contribution in [-0.4, -0.2) is 95.9 Å². The van der Waals surface area contributed by atoms with Crippen LogP contribution in [0.5, 0.6) is 0 Å². The third kappa shape index (κ3) is 82.2. The van der Waals surface area contributed by atoms with Crippen LogP contribution >= 0.6 is 15.6 Å². The van der Waals surface area contributed by atoms with Gasteiger partial charge in [-0.3, -0.25) is 32.5 Å². The minimum absolute atomic E-state index is 0.0818. The van der Waals surface area contributed by atoms with Crippen LogP contribution in [0.15, 0.2) is 146 Å². The number of hydrogen-bond acceptors (Lipinski definition) is 14. The second-order valence-electron chi connectivity index (χ2n) is 27.9. The minimum Gasteiger partial charge on any atom is -0.463 e. The average molecular weight is 1540 g/mol. The van der Waals surface area contributed by atoms with Crippen molar-refractivity contribution in [3.8, 4) is 0 Å². The van der Waals surface area contributed by atoms with E-state index in [9.17, 15) is 43.5 Å². The molecule has 0 saturated heterocycles. The summed E-state index contributed by atoms with van der Waals surface area (Å²) in [4.78, 5) is 58.8. The number of carbonyl (C=O) groups excluding carboxylic acids is 3. The SMILES string of the molecule is CC/C=C\C/C=C\C/C=C\C/C=C\CCCCCCCCC(=O)OC(COC(=O)CCCCCCCCC/C=C\C/C=C\C/C=C\C/C=C\CCCCC)COP(=O)(O)OCC(O)COP(=O)(O)OCC(O)COC(=O)CCCCCCCCCCCCCCC/C=C\C/C=C\C/C=C\C/C=C\CCCCC. The van der Waals surface area contributed by atoms with Gasteiger partial charge in [0.2, 0.25) is 0 Å². The number of allylic oxidation sites excluding steroid dienone is 24. The standard InChI is InChI=1S/C89H152O16P2/c1-4-7-10-13-16-19-22-25-28-31-34-36-38-39-40-41-42-43-45-47-49-51-54-57-60-63-66-69-72-75-87(92)99-78-84(90)79-101-106(95,96)102-80-85(91)81-103-107(97,98)104-83-86(105-89(94)77-74-71-68-65-62-59-56-53-48-33-30-27-24-21-18-15-12-9-6-3)82-100-88(93)76-73-70-67-64-61-58-55-52-50-46-44-37-35-32-29-26-23-20-17-14-11-8-5-2/h9,12,16-21,25-30,34-37,39-40,46,48,50,53,84-86,90-91H,4-8,10-11,13-15,22-24,31-33,38,41-45,47,49,51-52,54-83H2,1-3H3,(H,95,96)(H,97,98)/b12-9-,19-16-,20-17-,21-18-,28-25-,29-26-,30-27-,36-34-,37-35-,40-39-,50-46-,53-48-. The number of unbranched alkanes of at least 4 members (excludes halogenated alkanes) is 32. The molecule has 5 atom stereocenters. The third-order valence-corrected chi connectivity index (χ3v) is 19.4. The first-order chi connectivity index (χ1) is 52.2. The van der Waals surface area contributed by atoms with Crippen molar-refractivity contribution in [2.24, 2.45) is 0 Å². The molecule has 16 nitrogen and oxygen atoms in total. The highest BCUT2D eigenvalue weighted by Crippen LogP contribution is 2.45. The zero-order valence-corrected chi connectivity index (χ0v) is 69.1. The second kappa shape index (κ2) is 80.9. The molecule has 0 aliphatic heterocycles. The van der Waals surface area contributed by atoms with Gasteiger partial charge >= 0.3 is 33.6 Å². The topological polar surface area (TPSA) is 231 Å². The van der Waals surface area contributed by atoms with E-state index in [4.69, 9.17) is 32.3 Å². The van der Waals surface area contributed by atoms with Gasteiger partial charge < -0.3 is 34.2 Å². The number of rotatable bonds is 79. The Balaban J connectivity index is 4.61. The first kappa shape index (κ1) is 102. The zero-order valence-electron chi connectivity index (χ0n) is 67.3. The van der Waals surface area contributed by atoms with Gasteiger partial charge in [-0.2, -0.15) is 0 Å². The van der Waals surface area contributed by atoms with Crippen molar-refractivity contribution < 1.29 is 75.8 Å². The lowest BCUT2D eigenvalue weighted by molar-refractivity contribution is -0.161. The van der Waals surface area contributed by atoms with E-state index in [0.29, 0.717) is 19.3 Å². The molecule has 0 radical (unpaired) electrons. The molecule has 0 saturated carbocycles. The highest BCUT2D eigenvalue weighted by molar-refractivity contribution is 7.47. The number of phosphoric acid groups is 2. The molecule has 4 N–H and O–H groups in total. The van der Waals surface area contributed by atoms with Crippen LogP contribution in [0, 0.1) is 0 Å². The fourth-order valence-corrected chi connectivity index (χ4v) is 12.7. The van der Waals surface area contributed by atoms with Crippen LogP contribution in [0.25, 0.3) is 0 Å². The number of carbonyl (C=O) groups is 3. The summed E-state index contributed by atoms with van der Waals surface area (Å²) in [5, 5.41) is 20.7. The van der Waals surface area contributed by atoms with E-state index < -0.39 is 91.5 Å². The number of aliphatic hydroxyl groups excluding tert-OH is 2. The van der Waals surface area contributed by atoms with E-state index in [1.165, 1.54) is 109 Å². The minimum atomic E-state index is -4.95. The molecular weight excluding hydrogens is 1390 g/mol. The quantitative estimate of drug-likeness (QED) is 0.0146. The summed E-state index contributed by atoms with van der Waals surface area (Å²) in [6.07, 6.45) is 100. The van der Waals surface area contributed by atoms with E-state index in [0.717, 1.165) is 173 Å². The van der Waals surface area contributed by atoms with E-state index in [-0.39, 0.29) is 19.3 Å². The number of esters is 3. The van der Waals surface area contributed by atoms with Crippen LogP contribution in [-0.2, 0) is 55.8 Å². The molecule has 0 spiro atoms. The van der Waals surface area contributed by atoms with Crippen LogP contribution in [0.1, 0.15) is 342 Å². The molecule has 0 aromatic heterocycles. The van der Waals surface area contributed by atoms with Gasteiger partial charge in [-0.05, 0) is 148 Å². The molecule has 0 bridgehead atoms. The van der Waals surface area contributed by atoms with Gasteiger partial charge in [-0.1, -0.05) is 321 Å². The summed E-state index contributed by atoms with van der Waals surface area (Å²) in [6.45, 7) is 2.51. The molecule has 0 aliphatic rings. The Kier molecular flexibility index (Phi) is 77.5. The predicted octanol–water partition coefficient (Wildman–Crippen LogP) is 25.2. The molecule has 5 unspecified atom stereocenters. The molecule has 614 valence electrons. The van der Waals surface area contributed by atoms with Crippen molar-refractivity contribution >= 4 is 33.6 Å². The lowest BCUT2D eigenvalue weighted by Gasteiger charge is -2.21. The number of ether oxygens (including phenoxy) is 3. The average Bonchev–Trinajstić information content (AvgIpc) is 0.939. The van der Waals surface area contributed by atoms with Crippen LogP contribution in [0.2, 0.25) is 0 Å². The monoisotopic (exact) mass is 1540 g/mol. The molecule has 0 rings (SSSR count). The summed E-state index contributed by atoms with van der Waals surface area (Å²) in [6, 6.07) is 0. The largest absolute Gasteiger partial charge is 0.472 e. The summed E-state index contributed by atoms with van der Waals surface area (Å²) >= 11 is 0. The number of hydrogen-bond donors (Lipinski definition) is 4. The first-order valence-electron chi connectivity index (χ1n) is 42.1. The van der Waals surface area contributed by atoms with Crippen molar-refractivity contribution in [2.45, 2.75) is 360 Å². The van der Waals surface area contributed by atoms with Gasteiger partial charge in [0.25, 0.3) is 0 Å². The summed E-state index contributed by atoms with van der Waals surface area (Å²) in [5.41, 5.74) is 0. The van der Waals surface area contributed by atoms with E-state index in [1.807, 2.05) is 0 Å². The summed E-state index contributed by atoms with van der Waals surface area (Å²) in [7, 11) is -9.81. The molecule has 0 aromatic carbocycles. The molecule has 0 fully saturated rings. The van der Waals surface area contributed by atoms with Gasteiger partial charge in [-0.25, -0.2) is 9.13 Å². The van der Waals surface area contributed by atoms with E-state index in [2.05, 4.69) is 167 Å². The Morgan fingerprint density at radius 2 is 0.495 bits per heavy atom. The van der Waals surface area contributed by atoms with Gasteiger partial charge in [0.05, 0.1) is 26.4 Å². The first-order valence-corrected chi connectivity index (χ1v) is 45.1. The Morgan fingerprint density at radius 3 is 0.785 bits per heavy atom. The number of phosphoric ester groups is 2. The zero-order chi connectivity index (χ0) is 78.0. The van der Waals surface area contributed by atoms with Crippen LogP contribution in [0.4, 0.5) is 0 Å². The molecule has 18 heteroatoms. The van der Waals surface area contributed by atoms with Crippen molar-refractivity contribution in [3.63, 3.8) is 0 Å². The van der Waals surface area contributed by atoms with Crippen molar-refractivity contribution in [2.75, 3.05) is 39.6 Å². The van der Waals surface area contributed by atoms with E-state index >= 15 is 0 Å². The lowest BCUT2D eigenvalue weighted by atomic mass is 10.0. The van der Waals surface area contributed by atoms with Gasteiger partial charge in [0, 0.05) is 19.3 Å². The summed E-state index contributed by atoms with van der Waals surface area (Å²) < 4.78 is 61.3. The highest BCUT2D eigenvalue weighted by atomic mass is 31.2. The fraction of sp³-hybridized carbons (Fsp3) is 0.697. The third-order valence-electron chi connectivity index (χ3n) is 17.5. The predicted molar refractivity (Wildman–Crippen MR) is 445 cm³/mol. The molecule has 0 aliphatic carbocycles. The summed E-state index contributed by atoms with van der Waals surface area (Å²) in [5.74, 6) is -1.60. The Hall–Kier alpha value is -4.57. The van der Waals surface area contributed by atoms with Crippen molar-refractivity contribution in [1.82, 2.24) is 0 Å². The Labute approximate surface area is 651 Å². The molecule has 0 amide bonds. The highest BCUT2D eigenvalue weighted by Gasteiger charge is 2.29. The molecular formula is C89H152O16P2.